The Bertz CT molecular complexity index is 480. The number of nitrogen functional groups attached to an aromatic ring is 1. The van der Waals surface area contributed by atoms with Crippen LogP contribution in [0.5, 0.6) is 0 Å². The van der Waals surface area contributed by atoms with Crippen molar-refractivity contribution in [1.82, 2.24) is 10.3 Å². The summed E-state index contributed by atoms with van der Waals surface area (Å²) in [7, 11) is 1.94. The fraction of sp³-hybridized carbons (Fsp3) is 0.714. The third-order valence-corrected chi connectivity index (χ3v) is 5.32. The van der Waals surface area contributed by atoms with Gasteiger partial charge in [0.15, 0.2) is 5.13 Å². The summed E-state index contributed by atoms with van der Waals surface area (Å²) in [4.78, 5) is 19.0. The minimum absolute atomic E-state index is 0.0936. The molecule has 2 rings (SSSR count). The molecule has 1 aliphatic carbocycles. The van der Waals surface area contributed by atoms with Crippen LogP contribution in [0.15, 0.2) is 0 Å². The molecule has 1 fully saturated rings. The van der Waals surface area contributed by atoms with E-state index in [1.165, 1.54) is 37.0 Å². The maximum absolute atomic E-state index is 12.2. The predicted molar refractivity (Wildman–Crippen MR) is 84.4 cm³/mol. The molecule has 0 saturated heterocycles. The minimum Gasteiger partial charge on any atom is -0.382 e. The van der Waals surface area contributed by atoms with Gasteiger partial charge in [-0.3, -0.25) is 4.79 Å². The quantitative estimate of drug-likeness (QED) is 0.875. The fourth-order valence-corrected chi connectivity index (χ4v) is 3.49. The van der Waals surface area contributed by atoms with Gasteiger partial charge >= 0.3 is 0 Å². The summed E-state index contributed by atoms with van der Waals surface area (Å²) in [6, 6.07) is 0. The zero-order valence-electron chi connectivity index (χ0n) is 12.5. The van der Waals surface area contributed by atoms with Gasteiger partial charge in [0, 0.05) is 20.1 Å². The number of rotatable bonds is 5. The van der Waals surface area contributed by atoms with Gasteiger partial charge in [0.1, 0.15) is 10.7 Å². The van der Waals surface area contributed by atoms with Crippen LogP contribution in [0.25, 0.3) is 0 Å². The first kappa shape index (κ1) is 15.1. The van der Waals surface area contributed by atoms with Gasteiger partial charge < -0.3 is 16.0 Å². The molecule has 0 unspecified atom stereocenters. The smallest absolute Gasteiger partial charge is 0.265 e. The maximum atomic E-state index is 12.2. The Balaban J connectivity index is 2.00. The number of hydrogen-bond donors (Lipinski definition) is 2. The van der Waals surface area contributed by atoms with Crippen LogP contribution in [-0.2, 0) is 0 Å². The van der Waals surface area contributed by atoms with Crippen molar-refractivity contribution in [2.24, 2.45) is 5.41 Å². The van der Waals surface area contributed by atoms with Crippen LogP contribution in [0.1, 0.15) is 49.2 Å². The average Bonchev–Trinajstić information content (AvgIpc) is 3.02. The van der Waals surface area contributed by atoms with E-state index in [2.05, 4.69) is 17.2 Å². The normalized spacial score (nSPS) is 17.1. The molecule has 0 aromatic carbocycles. The molecule has 1 saturated carbocycles. The van der Waals surface area contributed by atoms with E-state index >= 15 is 0 Å². The van der Waals surface area contributed by atoms with E-state index < -0.39 is 0 Å². The summed E-state index contributed by atoms with van der Waals surface area (Å²) in [6.45, 7) is 5.85. The topological polar surface area (TPSA) is 71.2 Å². The lowest BCUT2D eigenvalue weighted by Crippen LogP contribution is -2.34. The second kappa shape index (κ2) is 5.99. The number of amides is 1. The number of nitrogens with two attached hydrogens (primary N) is 1. The van der Waals surface area contributed by atoms with Crippen LogP contribution in [0.4, 0.5) is 10.9 Å². The second-order valence-electron chi connectivity index (χ2n) is 5.93. The number of carbonyl (C=O) groups excluding carboxylic acids is 1. The molecule has 6 heteroatoms. The average molecular weight is 296 g/mol. The van der Waals surface area contributed by atoms with Gasteiger partial charge in [0.2, 0.25) is 0 Å². The molecule has 20 heavy (non-hydrogen) atoms. The third-order valence-electron chi connectivity index (χ3n) is 4.14. The molecule has 1 heterocycles. The molecule has 1 aromatic rings. The zero-order chi connectivity index (χ0) is 14.8. The molecule has 0 aliphatic heterocycles. The monoisotopic (exact) mass is 296 g/mol. The first-order valence-corrected chi connectivity index (χ1v) is 8.02. The number of hydrogen-bond acceptors (Lipinski definition) is 5. The van der Waals surface area contributed by atoms with E-state index in [9.17, 15) is 4.79 Å². The Hall–Kier alpha value is -1.30. The molecule has 112 valence electrons. The van der Waals surface area contributed by atoms with Crippen molar-refractivity contribution >= 4 is 28.2 Å². The highest BCUT2D eigenvalue weighted by Crippen LogP contribution is 2.37. The Morgan fingerprint density at radius 1 is 1.50 bits per heavy atom. The van der Waals surface area contributed by atoms with Crippen molar-refractivity contribution in [2.75, 3.05) is 30.8 Å². The van der Waals surface area contributed by atoms with Gasteiger partial charge in [0.05, 0.1) is 0 Å². The number of carbonyl (C=O) groups is 1. The van der Waals surface area contributed by atoms with Crippen LogP contribution >= 0.6 is 11.3 Å². The van der Waals surface area contributed by atoms with Crippen molar-refractivity contribution in [3.63, 3.8) is 0 Å². The molecule has 0 radical (unpaired) electrons. The summed E-state index contributed by atoms with van der Waals surface area (Å²) in [5.41, 5.74) is 6.11. The van der Waals surface area contributed by atoms with E-state index in [0.717, 1.165) is 18.2 Å². The van der Waals surface area contributed by atoms with Crippen molar-refractivity contribution in [1.29, 1.82) is 0 Å². The van der Waals surface area contributed by atoms with Gasteiger partial charge in [-0.2, -0.15) is 0 Å². The highest BCUT2D eigenvalue weighted by molar-refractivity contribution is 7.18. The van der Waals surface area contributed by atoms with Crippen LogP contribution in [-0.4, -0.2) is 31.0 Å². The van der Waals surface area contributed by atoms with E-state index in [-0.39, 0.29) is 11.3 Å². The lowest BCUT2D eigenvalue weighted by atomic mass is 9.89. The molecule has 1 aliphatic rings. The standard InChI is InChI=1S/C14H24N4OS/c1-4-18(3)13-17-11(15)10(20-13)12(19)16-9-14(2)7-5-6-8-14/h4-9,15H2,1-3H3,(H,16,19). The van der Waals surface area contributed by atoms with Crippen LogP contribution in [0.2, 0.25) is 0 Å². The van der Waals surface area contributed by atoms with Gasteiger partial charge in [0.25, 0.3) is 5.91 Å². The van der Waals surface area contributed by atoms with Gasteiger partial charge in [-0.05, 0) is 25.2 Å². The molecule has 1 aromatic heterocycles. The molecule has 1 amide bonds. The number of nitrogens with zero attached hydrogens (tertiary/aromatic N) is 2. The number of nitrogens with one attached hydrogen (secondary N) is 1. The van der Waals surface area contributed by atoms with Gasteiger partial charge in [-0.25, -0.2) is 4.98 Å². The molecule has 0 atom stereocenters. The van der Waals surface area contributed by atoms with Crippen molar-refractivity contribution in [3.05, 3.63) is 4.88 Å². The van der Waals surface area contributed by atoms with Crippen molar-refractivity contribution in [3.8, 4) is 0 Å². The van der Waals surface area contributed by atoms with Gasteiger partial charge in [-0.15, -0.1) is 0 Å². The summed E-state index contributed by atoms with van der Waals surface area (Å²) in [5.74, 6) is 0.239. The number of thiazole rings is 1. The summed E-state index contributed by atoms with van der Waals surface area (Å²) >= 11 is 1.36. The first-order valence-electron chi connectivity index (χ1n) is 7.21. The lowest BCUT2D eigenvalue weighted by Gasteiger charge is -2.23. The summed E-state index contributed by atoms with van der Waals surface area (Å²) in [5, 5.41) is 3.82. The third kappa shape index (κ3) is 3.23. The van der Waals surface area contributed by atoms with Crippen LogP contribution < -0.4 is 16.0 Å². The highest BCUT2D eigenvalue weighted by atomic mass is 32.1. The second-order valence-corrected chi connectivity index (χ2v) is 6.90. The molecular weight excluding hydrogens is 272 g/mol. The van der Waals surface area contributed by atoms with E-state index in [1.807, 2.05) is 18.9 Å². The van der Waals surface area contributed by atoms with Crippen molar-refractivity contribution < 1.29 is 4.79 Å². The Kier molecular flexibility index (Phi) is 4.52. The Morgan fingerprint density at radius 3 is 2.75 bits per heavy atom. The number of anilines is 2. The fourth-order valence-electron chi connectivity index (χ4n) is 2.56. The molecule has 5 nitrogen and oxygen atoms in total. The van der Waals surface area contributed by atoms with Gasteiger partial charge in [-0.1, -0.05) is 31.1 Å². The predicted octanol–water partition coefficient (Wildman–Crippen LogP) is 2.49. The highest BCUT2D eigenvalue weighted by Gasteiger charge is 2.29. The van der Waals surface area contributed by atoms with E-state index in [0.29, 0.717) is 10.7 Å². The molecule has 0 spiro atoms. The molecule has 0 bridgehead atoms. The maximum Gasteiger partial charge on any atom is 0.265 e. The minimum atomic E-state index is -0.0936. The largest absolute Gasteiger partial charge is 0.382 e. The van der Waals surface area contributed by atoms with E-state index in [4.69, 9.17) is 5.73 Å². The lowest BCUT2D eigenvalue weighted by molar-refractivity contribution is 0.0939. The van der Waals surface area contributed by atoms with Crippen molar-refractivity contribution in [2.45, 2.75) is 39.5 Å². The van der Waals surface area contributed by atoms with E-state index in [1.54, 1.807) is 0 Å². The molecular formula is C14H24N4OS. The van der Waals surface area contributed by atoms with Crippen LogP contribution in [0.3, 0.4) is 0 Å². The summed E-state index contributed by atoms with van der Waals surface area (Å²) < 4.78 is 0. The number of aromatic nitrogens is 1. The summed E-state index contributed by atoms with van der Waals surface area (Å²) in [6.07, 6.45) is 4.91. The van der Waals surface area contributed by atoms with Crippen LogP contribution in [0, 0.1) is 5.41 Å². The Morgan fingerprint density at radius 2 is 2.15 bits per heavy atom. The first-order chi connectivity index (χ1) is 9.45. The SMILES string of the molecule is CCN(C)c1nc(N)c(C(=O)NCC2(C)CCCC2)s1. The Labute approximate surface area is 124 Å². The molecule has 3 N–H and O–H groups in total. The zero-order valence-corrected chi connectivity index (χ0v) is 13.3.